The Bertz CT molecular complexity index is 1080. The molecular weight excluding hydrogens is 364 g/mol. The third-order valence-corrected chi connectivity index (χ3v) is 5.84. The van der Waals surface area contributed by atoms with Crippen LogP contribution in [0.2, 0.25) is 0 Å². The van der Waals surface area contributed by atoms with E-state index in [9.17, 15) is 9.59 Å². The standard InChI is InChI=1S/C23H28N4O2/c1-24-22(28)20-10-5-6-11-21(20)23(29)27(24)13-7-12-25-14-16-26(17-15-25)18-19-8-3-2-4-9-19/h2-6,8-11H,7,12-18H2,1H3. The highest BCUT2D eigenvalue weighted by molar-refractivity contribution is 5.80. The monoisotopic (exact) mass is 392 g/mol. The maximum absolute atomic E-state index is 12.8. The van der Waals surface area contributed by atoms with Crippen LogP contribution in [0.5, 0.6) is 0 Å². The molecular formula is C23H28N4O2. The molecule has 1 saturated heterocycles. The summed E-state index contributed by atoms with van der Waals surface area (Å²) in [6.07, 6.45) is 0.851. The van der Waals surface area contributed by atoms with Crippen LogP contribution in [0.3, 0.4) is 0 Å². The van der Waals surface area contributed by atoms with Gasteiger partial charge < -0.3 is 4.90 Å². The van der Waals surface area contributed by atoms with Gasteiger partial charge in [0, 0.05) is 52.9 Å². The van der Waals surface area contributed by atoms with Crippen LogP contribution in [0.15, 0.2) is 64.2 Å². The van der Waals surface area contributed by atoms with Crippen LogP contribution in [-0.4, -0.2) is 51.9 Å². The van der Waals surface area contributed by atoms with Crippen molar-refractivity contribution >= 4 is 10.8 Å². The molecule has 6 heteroatoms. The van der Waals surface area contributed by atoms with E-state index in [2.05, 4.69) is 40.1 Å². The van der Waals surface area contributed by atoms with Gasteiger partial charge in [0.25, 0.3) is 11.1 Å². The Morgan fingerprint density at radius 3 is 2.00 bits per heavy atom. The third-order valence-electron chi connectivity index (χ3n) is 5.84. The molecule has 0 unspecified atom stereocenters. The van der Waals surface area contributed by atoms with Gasteiger partial charge in [0.05, 0.1) is 10.8 Å². The molecule has 2 aromatic carbocycles. The smallest absolute Gasteiger partial charge is 0.273 e. The fourth-order valence-electron chi connectivity index (χ4n) is 4.12. The molecule has 29 heavy (non-hydrogen) atoms. The maximum Gasteiger partial charge on any atom is 0.273 e. The lowest BCUT2D eigenvalue weighted by Gasteiger charge is -2.34. The zero-order chi connectivity index (χ0) is 20.2. The van der Waals surface area contributed by atoms with E-state index < -0.39 is 0 Å². The van der Waals surface area contributed by atoms with Gasteiger partial charge in [-0.15, -0.1) is 0 Å². The van der Waals surface area contributed by atoms with Gasteiger partial charge in [-0.05, 0) is 24.1 Å². The highest BCUT2D eigenvalue weighted by atomic mass is 16.2. The molecule has 0 radical (unpaired) electrons. The Kier molecular flexibility index (Phi) is 5.92. The van der Waals surface area contributed by atoms with Crippen molar-refractivity contribution in [3.63, 3.8) is 0 Å². The van der Waals surface area contributed by atoms with Crippen LogP contribution < -0.4 is 11.1 Å². The minimum absolute atomic E-state index is 0.0876. The van der Waals surface area contributed by atoms with Crippen LogP contribution in [-0.2, 0) is 20.1 Å². The summed E-state index contributed by atoms with van der Waals surface area (Å²) >= 11 is 0. The van der Waals surface area contributed by atoms with E-state index >= 15 is 0 Å². The van der Waals surface area contributed by atoms with Crippen LogP contribution in [0.25, 0.3) is 10.8 Å². The SMILES string of the molecule is Cn1c(=O)c2ccccc2c(=O)n1CCCN1CCN(Cc2ccccc2)CC1. The van der Waals surface area contributed by atoms with Gasteiger partial charge in [-0.2, -0.15) is 0 Å². The summed E-state index contributed by atoms with van der Waals surface area (Å²) < 4.78 is 3.04. The molecule has 0 amide bonds. The predicted molar refractivity (Wildman–Crippen MR) is 116 cm³/mol. The minimum atomic E-state index is -0.116. The van der Waals surface area contributed by atoms with E-state index in [1.54, 1.807) is 29.9 Å². The molecule has 152 valence electrons. The van der Waals surface area contributed by atoms with E-state index in [1.807, 2.05) is 6.07 Å². The molecule has 2 heterocycles. The minimum Gasteiger partial charge on any atom is -0.301 e. The first-order valence-corrected chi connectivity index (χ1v) is 10.3. The van der Waals surface area contributed by atoms with Crippen molar-refractivity contribution in [1.29, 1.82) is 0 Å². The average molecular weight is 393 g/mol. The molecule has 1 aliphatic rings. The molecule has 0 spiro atoms. The third kappa shape index (κ3) is 4.33. The van der Waals surface area contributed by atoms with Gasteiger partial charge in [-0.25, -0.2) is 4.68 Å². The summed E-state index contributed by atoms with van der Waals surface area (Å²) in [6.45, 7) is 6.69. The molecule has 3 aromatic rings. The lowest BCUT2D eigenvalue weighted by Crippen LogP contribution is -2.46. The van der Waals surface area contributed by atoms with Gasteiger partial charge in [0.2, 0.25) is 0 Å². The fraction of sp³-hybridized carbons (Fsp3) is 0.391. The number of aromatic nitrogens is 2. The van der Waals surface area contributed by atoms with Crippen molar-refractivity contribution in [3.05, 3.63) is 80.9 Å². The number of hydrogen-bond donors (Lipinski definition) is 0. The topological polar surface area (TPSA) is 50.5 Å². The van der Waals surface area contributed by atoms with Crippen molar-refractivity contribution in [2.45, 2.75) is 19.5 Å². The lowest BCUT2D eigenvalue weighted by molar-refractivity contribution is 0.124. The fourth-order valence-corrected chi connectivity index (χ4v) is 4.12. The van der Waals surface area contributed by atoms with Gasteiger partial charge in [-0.1, -0.05) is 42.5 Å². The Labute approximate surface area is 170 Å². The van der Waals surface area contributed by atoms with E-state index in [0.29, 0.717) is 17.3 Å². The first-order valence-electron chi connectivity index (χ1n) is 10.3. The van der Waals surface area contributed by atoms with Crippen LogP contribution >= 0.6 is 0 Å². The lowest BCUT2D eigenvalue weighted by atomic mass is 10.2. The molecule has 1 fully saturated rings. The van der Waals surface area contributed by atoms with Crippen molar-refractivity contribution in [2.75, 3.05) is 32.7 Å². The number of benzene rings is 2. The first kappa shape index (κ1) is 19.6. The summed E-state index contributed by atoms with van der Waals surface area (Å²) in [4.78, 5) is 30.3. The second kappa shape index (κ2) is 8.76. The van der Waals surface area contributed by atoms with E-state index in [-0.39, 0.29) is 11.1 Å². The van der Waals surface area contributed by atoms with Crippen molar-refractivity contribution in [2.24, 2.45) is 7.05 Å². The number of fused-ring (bicyclic) bond motifs is 1. The Hall–Kier alpha value is -2.70. The van der Waals surface area contributed by atoms with Crippen LogP contribution in [0.4, 0.5) is 0 Å². The second-order valence-electron chi connectivity index (χ2n) is 7.76. The van der Waals surface area contributed by atoms with Crippen LogP contribution in [0.1, 0.15) is 12.0 Å². The van der Waals surface area contributed by atoms with Crippen LogP contribution in [0, 0.1) is 0 Å². The maximum atomic E-state index is 12.8. The zero-order valence-electron chi connectivity index (χ0n) is 17.0. The summed E-state index contributed by atoms with van der Waals surface area (Å²) in [7, 11) is 1.68. The number of nitrogens with zero attached hydrogens (tertiary/aromatic N) is 4. The van der Waals surface area contributed by atoms with Gasteiger partial charge >= 0.3 is 0 Å². The van der Waals surface area contributed by atoms with Crippen molar-refractivity contribution in [3.8, 4) is 0 Å². The predicted octanol–water partition coefficient (Wildman–Crippen LogP) is 1.91. The molecule has 4 rings (SSSR count). The number of hydrogen-bond acceptors (Lipinski definition) is 4. The Balaban J connectivity index is 1.32. The van der Waals surface area contributed by atoms with Gasteiger partial charge in [0.1, 0.15) is 0 Å². The zero-order valence-corrected chi connectivity index (χ0v) is 17.0. The van der Waals surface area contributed by atoms with Crippen molar-refractivity contribution < 1.29 is 0 Å². The molecule has 6 nitrogen and oxygen atoms in total. The highest BCUT2D eigenvalue weighted by Crippen LogP contribution is 2.09. The molecule has 0 bridgehead atoms. The molecule has 0 atom stereocenters. The van der Waals surface area contributed by atoms with Gasteiger partial charge in [0.15, 0.2) is 0 Å². The Morgan fingerprint density at radius 1 is 0.724 bits per heavy atom. The molecule has 0 saturated carbocycles. The van der Waals surface area contributed by atoms with E-state index in [4.69, 9.17) is 0 Å². The number of piperazine rings is 1. The normalized spacial score (nSPS) is 15.8. The first-order chi connectivity index (χ1) is 14.1. The summed E-state index contributed by atoms with van der Waals surface area (Å²) in [5, 5.41) is 0.996. The highest BCUT2D eigenvalue weighted by Gasteiger charge is 2.17. The summed E-state index contributed by atoms with van der Waals surface area (Å²) in [5.41, 5.74) is 1.16. The average Bonchev–Trinajstić information content (AvgIpc) is 2.76. The van der Waals surface area contributed by atoms with Gasteiger partial charge in [-0.3, -0.25) is 19.2 Å². The largest absolute Gasteiger partial charge is 0.301 e. The molecule has 0 N–H and O–H groups in total. The molecule has 1 aliphatic heterocycles. The quantitative estimate of drug-likeness (QED) is 0.643. The van der Waals surface area contributed by atoms with E-state index in [1.165, 1.54) is 10.2 Å². The van der Waals surface area contributed by atoms with E-state index in [0.717, 1.165) is 45.7 Å². The van der Waals surface area contributed by atoms with Crippen molar-refractivity contribution in [1.82, 2.24) is 19.2 Å². The molecule has 0 aliphatic carbocycles. The molecule has 1 aromatic heterocycles. The summed E-state index contributed by atoms with van der Waals surface area (Å²) in [5.74, 6) is 0. The second-order valence-corrected chi connectivity index (χ2v) is 7.76. The summed E-state index contributed by atoms with van der Waals surface area (Å²) in [6, 6.07) is 17.7. The number of rotatable bonds is 6. The Morgan fingerprint density at radius 2 is 1.31 bits per heavy atom.